The summed E-state index contributed by atoms with van der Waals surface area (Å²) in [5, 5.41) is 0. The van der Waals surface area contributed by atoms with E-state index in [2.05, 4.69) is 13.0 Å². The maximum Gasteiger partial charge on any atom is -0.0200 e. The third-order valence-corrected chi connectivity index (χ3v) is 2.78. The predicted molar refractivity (Wildman–Crippen MR) is 34.6 cm³/mol. The molecule has 0 aliphatic heterocycles. The molecular formula is C8H12. The van der Waals surface area contributed by atoms with E-state index in [1.54, 1.807) is 5.57 Å². The maximum absolute atomic E-state index is 2.44. The first kappa shape index (κ1) is 4.60. The molecule has 0 nitrogen and oxygen atoms in total. The maximum atomic E-state index is 2.44. The van der Waals surface area contributed by atoms with Crippen LogP contribution in [-0.4, -0.2) is 0 Å². The highest BCUT2D eigenvalue weighted by Crippen LogP contribution is 2.44. The van der Waals surface area contributed by atoms with Crippen LogP contribution in [0.15, 0.2) is 11.6 Å². The van der Waals surface area contributed by atoms with E-state index >= 15 is 0 Å². The monoisotopic (exact) mass is 108 g/mol. The molecular weight excluding hydrogens is 96.1 g/mol. The number of fused-ring (bicyclic) bond motifs is 2. The van der Waals surface area contributed by atoms with Gasteiger partial charge in [0.05, 0.1) is 0 Å². The number of allylic oxidation sites excluding steroid dienone is 2. The number of hydrogen-bond donors (Lipinski definition) is 0. The van der Waals surface area contributed by atoms with Crippen molar-refractivity contribution in [3.63, 3.8) is 0 Å². The summed E-state index contributed by atoms with van der Waals surface area (Å²) < 4.78 is 0. The standard InChI is InChI=1S/C8H12/c1-6-7-2-3-8(6)5-4-7/h2,6,8H,3-5H2,1H3/t6-,8?/m1/s1. The molecule has 2 aliphatic carbocycles. The van der Waals surface area contributed by atoms with Gasteiger partial charge in [0.25, 0.3) is 0 Å². The van der Waals surface area contributed by atoms with Crippen LogP contribution in [-0.2, 0) is 0 Å². The molecule has 0 heteroatoms. The van der Waals surface area contributed by atoms with Gasteiger partial charge < -0.3 is 0 Å². The zero-order valence-electron chi connectivity index (χ0n) is 5.35. The topological polar surface area (TPSA) is 0 Å². The summed E-state index contributed by atoms with van der Waals surface area (Å²) in [6, 6.07) is 0. The summed E-state index contributed by atoms with van der Waals surface area (Å²) in [6.45, 7) is 2.37. The van der Waals surface area contributed by atoms with E-state index in [0.717, 1.165) is 11.8 Å². The molecule has 0 spiro atoms. The molecule has 0 amide bonds. The van der Waals surface area contributed by atoms with Crippen molar-refractivity contribution in [2.24, 2.45) is 11.8 Å². The van der Waals surface area contributed by atoms with Gasteiger partial charge in [-0.05, 0) is 31.1 Å². The lowest BCUT2D eigenvalue weighted by molar-refractivity contribution is 0.477. The molecule has 0 aromatic rings. The van der Waals surface area contributed by atoms with Crippen molar-refractivity contribution in [1.82, 2.24) is 0 Å². The first-order valence-electron chi connectivity index (χ1n) is 3.57. The van der Waals surface area contributed by atoms with Crippen LogP contribution in [0.25, 0.3) is 0 Å². The Morgan fingerprint density at radius 3 is 2.62 bits per heavy atom. The summed E-state index contributed by atoms with van der Waals surface area (Å²) in [5.74, 6) is 2.00. The third-order valence-electron chi connectivity index (χ3n) is 2.78. The van der Waals surface area contributed by atoms with Gasteiger partial charge in [-0.15, -0.1) is 0 Å². The van der Waals surface area contributed by atoms with Crippen molar-refractivity contribution in [3.8, 4) is 0 Å². The van der Waals surface area contributed by atoms with Gasteiger partial charge in [-0.3, -0.25) is 0 Å². The highest BCUT2D eigenvalue weighted by atomic mass is 14.4. The SMILES string of the molecule is C[C@@H]1C2=CCC1CC2. The van der Waals surface area contributed by atoms with Gasteiger partial charge in [-0.1, -0.05) is 18.6 Å². The van der Waals surface area contributed by atoms with Crippen molar-refractivity contribution in [2.45, 2.75) is 26.2 Å². The van der Waals surface area contributed by atoms with Crippen LogP contribution >= 0.6 is 0 Å². The second-order valence-corrected chi connectivity index (χ2v) is 3.10. The lowest BCUT2D eigenvalue weighted by atomic mass is 10.0. The van der Waals surface area contributed by atoms with E-state index in [0.29, 0.717) is 0 Å². The fourth-order valence-electron chi connectivity index (χ4n) is 2.05. The van der Waals surface area contributed by atoms with Gasteiger partial charge in [-0.25, -0.2) is 0 Å². The molecule has 0 aromatic heterocycles. The van der Waals surface area contributed by atoms with Crippen molar-refractivity contribution in [2.75, 3.05) is 0 Å². The highest BCUT2D eigenvalue weighted by molar-refractivity contribution is 5.19. The molecule has 1 saturated carbocycles. The van der Waals surface area contributed by atoms with E-state index in [1.165, 1.54) is 19.3 Å². The summed E-state index contributed by atoms with van der Waals surface area (Å²) >= 11 is 0. The Balaban J connectivity index is 2.31. The highest BCUT2D eigenvalue weighted by Gasteiger charge is 2.31. The van der Waals surface area contributed by atoms with Crippen LogP contribution in [0.5, 0.6) is 0 Å². The summed E-state index contributed by atoms with van der Waals surface area (Å²) in [7, 11) is 0. The molecule has 1 fully saturated rings. The second kappa shape index (κ2) is 1.37. The minimum absolute atomic E-state index is 0.954. The Morgan fingerprint density at radius 2 is 2.50 bits per heavy atom. The first-order chi connectivity index (χ1) is 3.88. The Bertz CT molecular complexity index is 133. The van der Waals surface area contributed by atoms with Crippen molar-refractivity contribution >= 4 is 0 Å². The van der Waals surface area contributed by atoms with Gasteiger partial charge >= 0.3 is 0 Å². The molecule has 0 N–H and O–H groups in total. The Labute approximate surface area is 50.6 Å². The van der Waals surface area contributed by atoms with Gasteiger partial charge in [0.1, 0.15) is 0 Å². The Morgan fingerprint density at radius 1 is 1.62 bits per heavy atom. The quantitative estimate of drug-likeness (QED) is 0.418. The van der Waals surface area contributed by atoms with Gasteiger partial charge in [0.2, 0.25) is 0 Å². The van der Waals surface area contributed by atoms with E-state index in [1.807, 2.05) is 0 Å². The Hall–Kier alpha value is -0.260. The van der Waals surface area contributed by atoms with E-state index in [4.69, 9.17) is 0 Å². The van der Waals surface area contributed by atoms with Crippen molar-refractivity contribution in [3.05, 3.63) is 11.6 Å². The van der Waals surface area contributed by atoms with E-state index < -0.39 is 0 Å². The molecule has 8 heavy (non-hydrogen) atoms. The first-order valence-corrected chi connectivity index (χ1v) is 3.57. The van der Waals surface area contributed by atoms with Crippen molar-refractivity contribution < 1.29 is 0 Å². The molecule has 0 saturated heterocycles. The van der Waals surface area contributed by atoms with Crippen molar-refractivity contribution in [1.29, 1.82) is 0 Å². The molecule has 1 unspecified atom stereocenters. The largest absolute Gasteiger partial charge is 0.0848 e. The van der Waals surface area contributed by atoms with Crippen LogP contribution in [0.4, 0.5) is 0 Å². The molecule has 2 aliphatic rings. The van der Waals surface area contributed by atoms with E-state index in [9.17, 15) is 0 Å². The van der Waals surface area contributed by atoms with E-state index in [-0.39, 0.29) is 0 Å². The molecule has 2 atom stereocenters. The van der Waals surface area contributed by atoms with Crippen LogP contribution in [0, 0.1) is 11.8 Å². The smallest absolute Gasteiger partial charge is 0.0200 e. The zero-order chi connectivity index (χ0) is 5.56. The number of hydrogen-bond acceptors (Lipinski definition) is 0. The fourth-order valence-corrected chi connectivity index (χ4v) is 2.05. The normalized spacial score (nSPS) is 42.9. The van der Waals surface area contributed by atoms with Gasteiger partial charge in [0.15, 0.2) is 0 Å². The van der Waals surface area contributed by atoms with Crippen LogP contribution < -0.4 is 0 Å². The molecule has 44 valence electrons. The predicted octanol–water partition coefficient (Wildman–Crippen LogP) is 2.36. The second-order valence-electron chi connectivity index (χ2n) is 3.10. The lowest BCUT2D eigenvalue weighted by Gasteiger charge is -2.04. The fraction of sp³-hybridized carbons (Fsp3) is 0.750. The average Bonchev–Trinajstić information content (AvgIpc) is 2.29. The van der Waals surface area contributed by atoms with Crippen LogP contribution in [0.2, 0.25) is 0 Å². The molecule has 0 heterocycles. The average molecular weight is 108 g/mol. The summed E-state index contributed by atoms with van der Waals surface area (Å²) in [5.41, 5.74) is 1.75. The van der Waals surface area contributed by atoms with Crippen LogP contribution in [0.3, 0.4) is 0 Å². The minimum atomic E-state index is 0.954. The zero-order valence-corrected chi connectivity index (χ0v) is 5.35. The molecule has 2 bridgehead atoms. The molecule has 2 rings (SSSR count). The minimum Gasteiger partial charge on any atom is -0.0848 e. The van der Waals surface area contributed by atoms with Gasteiger partial charge in [-0.2, -0.15) is 0 Å². The third kappa shape index (κ3) is 0.410. The molecule has 0 radical (unpaired) electrons. The Kier molecular flexibility index (Phi) is 0.787. The lowest BCUT2D eigenvalue weighted by Crippen LogP contribution is -1.96. The summed E-state index contributed by atoms with van der Waals surface area (Å²) in [4.78, 5) is 0. The number of rotatable bonds is 0. The molecule has 0 aromatic carbocycles. The van der Waals surface area contributed by atoms with Gasteiger partial charge in [0, 0.05) is 0 Å². The summed E-state index contributed by atoms with van der Waals surface area (Å²) in [6.07, 6.45) is 6.72. The van der Waals surface area contributed by atoms with Crippen LogP contribution in [0.1, 0.15) is 26.2 Å².